The number of nitro benzene ring substituents is 1. The molecule has 0 unspecified atom stereocenters. The number of likely N-dealkylation sites (tertiary alicyclic amines) is 1. The van der Waals surface area contributed by atoms with Gasteiger partial charge in [-0.25, -0.2) is 4.79 Å². The van der Waals surface area contributed by atoms with Crippen molar-refractivity contribution in [2.75, 3.05) is 12.4 Å². The number of nitrogens with zero attached hydrogens (tertiary/aromatic N) is 2. The summed E-state index contributed by atoms with van der Waals surface area (Å²) in [6.07, 6.45) is 1.77. The zero-order valence-corrected chi connectivity index (χ0v) is 24.9. The highest BCUT2D eigenvalue weighted by molar-refractivity contribution is 8.13. The largest absolute Gasteiger partial charge is 0.454 e. The number of hydrogen-bond donors (Lipinski definition) is 0. The molecule has 3 atom stereocenters. The summed E-state index contributed by atoms with van der Waals surface area (Å²) < 4.78 is 11.1. The minimum Gasteiger partial charge on any atom is -0.454 e. The number of thioether (sulfide) groups is 1. The van der Waals surface area contributed by atoms with Crippen LogP contribution in [0.1, 0.15) is 52.5 Å². The minimum absolute atomic E-state index is 0.0438. The zero-order chi connectivity index (χ0) is 28.6. The fraction of sp³-hybridized carbons (Fsp3) is 0.615. The fourth-order valence-corrected chi connectivity index (χ4v) is 5.79. The van der Waals surface area contributed by atoms with Crippen molar-refractivity contribution in [3.63, 3.8) is 0 Å². The predicted molar refractivity (Wildman–Crippen MR) is 147 cm³/mol. The molecule has 1 aliphatic rings. The van der Waals surface area contributed by atoms with E-state index in [9.17, 15) is 29.3 Å². The van der Waals surface area contributed by atoms with Gasteiger partial charge in [-0.15, -0.1) is 0 Å². The third-order valence-corrected chi connectivity index (χ3v) is 8.31. The summed E-state index contributed by atoms with van der Waals surface area (Å²) in [5.41, 5.74) is -0.00661. The molecule has 0 aromatic heterocycles. The molecule has 1 fully saturated rings. The summed E-state index contributed by atoms with van der Waals surface area (Å²) >= 11 is 1.18. The van der Waals surface area contributed by atoms with Crippen LogP contribution in [0, 0.1) is 27.4 Å². The summed E-state index contributed by atoms with van der Waals surface area (Å²) in [6, 6.07) is 4.61. The Kier molecular flexibility index (Phi) is 11.7. The topological polar surface area (TPSA) is 133 Å². The molecule has 210 valence electrons. The first-order valence-corrected chi connectivity index (χ1v) is 16.6. The summed E-state index contributed by atoms with van der Waals surface area (Å²) in [6.45, 7) is 12.1. The Morgan fingerprint density at radius 3 is 2.34 bits per heavy atom. The maximum absolute atomic E-state index is 13.3. The van der Waals surface area contributed by atoms with Crippen molar-refractivity contribution < 1.29 is 33.3 Å². The molecule has 0 bridgehead atoms. The quantitative estimate of drug-likeness (QED) is 0.0697. The molecule has 0 spiro atoms. The summed E-state index contributed by atoms with van der Waals surface area (Å²) in [5, 5.41) is 10.7. The molecular formula is C26H38N2O8SSi. The SMILES string of the molecule is CCCCSC(=O)C[C@@H]1[C@H]([C@@H](CO[SiH](C)C)C(C)(C)C)C(=O)N1C(=O)C(=O)OCc1ccc([N+](=O)[O-])cc1. The third-order valence-electron chi connectivity index (χ3n) is 6.47. The molecule has 1 aliphatic heterocycles. The summed E-state index contributed by atoms with van der Waals surface area (Å²) in [5.74, 6) is -3.07. The number of ether oxygens (including phenoxy) is 1. The van der Waals surface area contributed by atoms with Gasteiger partial charge in [-0.1, -0.05) is 45.9 Å². The second-order valence-corrected chi connectivity index (χ2v) is 14.3. The van der Waals surface area contributed by atoms with Gasteiger partial charge in [0.25, 0.3) is 5.69 Å². The number of non-ortho nitro benzene ring substituents is 1. The van der Waals surface area contributed by atoms with Crippen LogP contribution in [0.15, 0.2) is 24.3 Å². The van der Waals surface area contributed by atoms with Crippen molar-refractivity contribution in [3.8, 4) is 0 Å². The molecule has 2 rings (SSSR count). The minimum atomic E-state index is -1.39. The Morgan fingerprint density at radius 1 is 1.18 bits per heavy atom. The normalized spacial score (nSPS) is 18.2. The number of imide groups is 1. The van der Waals surface area contributed by atoms with E-state index in [1.165, 1.54) is 36.0 Å². The van der Waals surface area contributed by atoms with Crippen molar-refractivity contribution in [2.45, 2.75) is 72.7 Å². The lowest BCUT2D eigenvalue weighted by Gasteiger charge is -2.51. The van der Waals surface area contributed by atoms with Gasteiger partial charge in [0, 0.05) is 30.9 Å². The first kappa shape index (κ1) is 31.6. The van der Waals surface area contributed by atoms with Crippen LogP contribution in [-0.2, 0) is 34.9 Å². The second-order valence-electron chi connectivity index (χ2n) is 10.7. The van der Waals surface area contributed by atoms with Crippen molar-refractivity contribution in [1.82, 2.24) is 4.90 Å². The van der Waals surface area contributed by atoms with Crippen LogP contribution >= 0.6 is 11.8 Å². The second kappa shape index (κ2) is 14.0. The number of benzene rings is 1. The number of rotatable bonds is 12. The first-order chi connectivity index (χ1) is 17.8. The number of esters is 1. The Labute approximate surface area is 229 Å². The van der Waals surface area contributed by atoms with E-state index in [1.54, 1.807) is 0 Å². The van der Waals surface area contributed by atoms with E-state index in [4.69, 9.17) is 9.16 Å². The standard InChI is InChI=1S/C26H38N2O8SSi/c1-7-8-13-37-21(29)14-20-22(19(26(2,3)4)16-36-38(5)6)23(30)27(20)24(31)25(32)35-15-17-9-11-18(12-10-17)28(33)34/h9-12,19-20,22,38H,7-8,13-16H2,1-6H3/t19-,20-,22+/m1/s1. The van der Waals surface area contributed by atoms with E-state index >= 15 is 0 Å². The molecule has 0 radical (unpaired) electrons. The Hall–Kier alpha value is -2.57. The van der Waals surface area contributed by atoms with Gasteiger partial charge in [0.2, 0.25) is 5.91 Å². The van der Waals surface area contributed by atoms with E-state index in [0.717, 1.165) is 17.7 Å². The van der Waals surface area contributed by atoms with Gasteiger partial charge in [-0.05, 0) is 48.5 Å². The van der Waals surface area contributed by atoms with Crippen LogP contribution in [0.25, 0.3) is 0 Å². The molecule has 38 heavy (non-hydrogen) atoms. The number of nitro groups is 1. The molecule has 1 aromatic rings. The maximum Gasteiger partial charge on any atom is 0.397 e. The Bertz CT molecular complexity index is 1030. The maximum atomic E-state index is 13.3. The number of carbonyl (C=O) groups is 4. The average molecular weight is 567 g/mol. The van der Waals surface area contributed by atoms with Gasteiger partial charge in [-0.3, -0.25) is 29.4 Å². The molecule has 1 saturated heterocycles. The Morgan fingerprint density at radius 2 is 1.82 bits per heavy atom. The predicted octanol–water partition coefficient (Wildman–Crippen LogP) is 4.10. The number of amides is 2. The van der Waals surface area contributed by atoms with Gasteiger partial charge in [0.05, 0.1) is 16.9 Å². The molecular weight excluding hydrogens is 528 g/mol. The number of unbranched alkanes of at least 4 members (excludes halogenated alkanes) is 1. The van der Waals surface area contributed by atoms with Gasteiger partial charge < -0.3 is 9.16 Å². The monoisotopic (exact) mass is 566 g/mol. The van der Waals surface area contributed by atoms with E-state index in [-0.39, 0.29) is 35.2 Å². The third kappa shape index (κ3) is 8.47. The van der Waals surface area contributed by atoms with Crippen molar-refractivity contribution in [1.29, 1.82) is 0 Å². The van der Waals surface area contributed by atoms with E-state index < -0.39 is 43.7 Å². The van der Waals surface area contributed by atoms with Crippen LogP contribution in [0.5, 0.6) is 0 Å². The average Bonchev–Trinajstić information content (AvgIpc) is 2.84. The molecule has 2 amide bonds. The van der Waals surface area contributed by atoms with Gasteiger partial charge in [-0.2, -0.15) is 0 Å². The van der Waals surface area contributed by atoms with Crippen LogP contribution in [0.4, 0.5) is 5.69 Å². The molecule has 0 aliphatic carbocycles. The lowest BCUT2D eigenvalue weighted by Crippen LogP contribution is -2.68. The summed E-state index contributed by atoms with van der Waals surface area (Å²) in [4.78, 5) is 62.9. The molecule has 1 aromatic carbocycles. The molecule has 1 heterocycles. The summed E-state index contributed by atoms with van der Waals surface area (Å²) in [7, 11) is -1.39. The molecule has 12 heteroatoms. The van der Waals surface area contributed by atoms with E-state index in [2.05, 4.69) is 0 Å². The van der Waals surface area contributed by atoms with Crippen molar-refractivity contribution in [2.24, 2.45) is 17.3 Å². The van der Waals surface area contributed by atoms with Gasteiger partial charge >= 0.3 is 11.9 Å². The van der Waals surface area contributed by atoms with Crippen molar-refractivity contribution >= 4 is 49.4 Å². The highest BCUT2D eigenvalue weighted by Gasteiger charge is 2.57. The van der Waals surface area contributed by atoms with Crippen molar-refractivity contribution in [3.05, 3.63) is 39.9 Å². The lowest BCUT2D eigenvalue weighted by molar-refractivity contribution is -0.384. The van der Waals surface area contributed by atoms with Crippen LogP contribution in [0.3, 0.4) is 0 Å². The lowest BCUT2D eigenvalue weighted by atomic mass is 9.66. The number of β-lactam (4-membered cyclic amide) rings is 1. The van der Waals surface area contributed by atoms with Crippen LogP contribution in [-0.4, -0.2) is 60.2 Å². The highest BCUT2D eigenvalue weighted by Crippen LogP contribution is 2.44. The molecule has 10 nitrogen and oxygen atoms in total. The smallest absolute Gasteiger partial charge is 0.397 e. The molecule has 0 N–H and O–H groups in total. The first-order valence-electron chi connectivity index (χ1n) is 12.8. The Balaban J connectivity index is 2.19. The fourth-order valence-electron chi connectivity index (χ4n) is 4.25. The number of carbonyl (C=O) groups excluding carboxylic acids is 4. The van der Waals surface area contributed by atoms with E-state index in [0.29, 0.717) is 17.9 Å². The van der Waals surface area contributed by atoms with Crippen LogP contribution < -0.4 is 0 Å². The molecule has 0 saturated carbocycles. The van der Waals surface area contributed by atoms with Gasteiger partial charge in [0.15, 0.2) is 14.2 Å². The van der Waals surface area contributed by atoms with E-state index in [1.807, 2.05) is 40.8 Å². The zero-order valence-electron chi connectivity index (χ0n) is 22.9. The van der Waals surface area contributed by atoms with Crippen LogP contribution in [0.2, 0.25) is 13.1 Å². The van der Waals surface area contributed by atoms with Gasteiger partial charge in [0.1, 0.15) is 6.61 Å². The highest BCUT2D eigenvalue weighted by atomic mass is 32.2. The number of hydrogen-bond acceptors (Lipinski definition) is 9.